The van der Waals surface area contributed by atoms with Gasteiger partial charge in [-0.05, 0) is 32.4 Å². The third-order valence-electron chi connectivity index (χ3n) is 3.52. The van der Waals surface area contributed by atoms with Crippen LogP contribution in [0.4, 0.5) is 0 Å². The Morgan fingerprint density at radius 2 is 2.20 bits per heavy atom. The van der Waals surface area contributed by atoms with Crippen molar-refractivity contribution in [2.24, 2.45) is 0 Å². The van der Waals surface area contributed by atoms with Crippen molar-refractivity contribution in [3.05, 3.63) is 0 Å². The Kier molecular flexibility index (Phi) is 3.26. The van der Waals surface area contributed by atoms with Crippen molar-refractivity contribution >= 4 is 5.91 Å². The molecule has 0 aromatic rings. The largest absolute Gasteiger partial charge is 0.347 e. The van der Waals surface area contributed by atoms with Crippen molar-refractivity contribution in [1.29, 1.82) is 0 Å². The second-order valence-electron chi connectivity index (χ2n) is 4.78. The van der Waals surface area contributed by atoms with Crippen LogP contribution in [-0.4, -0.2) is 61.5 Å². The zero-order valence-corrected chi connectivity index (χ0v) is 9.70. The number of hydrogen-bond acceptors (Lipinski definition) is 3. The molecule has 2 rings (SSSR count). The van der Waals surface area contributed by atoms with Gasteiger partial charge in [-0.2, -0.15) is 0 Å². The van der Waals surface area contributed by atoms with E-state index >= 15 is 0 Å². The summed E-state index contributed by atoms with van der Waals surface area (Å²) in [6, 6.07) is 0.728. The maximum atomic E-state index is 12.0. The van der Waals surface area contributed by atoms with Crippen LogP contribution in [0, 0.1) is 0 Å². The van der Waals surface area contributed by atoms with Crippen LogP contribution in [0.25, 0.3) is 0 Å². The van der Waals surface area contributed by atoms with Gasteiger partial charge in [0.2, 0.25) is 5.91 Å². The maximum Gasteiger partial charge on any atom is 0.239 e. The summed E-state index contributed by atoms with van der Waals surface area (Å²) >= 11 is 0. The Labute approximate surface area is 91.6 Å². The van der Waals surface area contributed by atoms with Crippen molar-refractivity contribution in [2.45, 2.75) is 31.3 Å². The molecule has 0 bridgehead atoms. The summed E-state index contributed by atoms with van der Waals surface area (Å²) in [4.78, 5) is 16.1. The molecule has 2 heterocycles. The lowest BCUT2D eigenvalue weighted by Crippen LogP contribution is -2.48. The first-order valence-corrected chi connectivity index (χ1v) is 5.88. The van der Waals surface area contributed by atoms with E-state index in [4.69, 9.17) is 0 Å². The van der Waals surface area contributed by atoms with Crippen LogP contribution in [0.3, 0.4) is 0 Å². The van der Waals surface area contributed by atoms with Crippen molar-refractivity contribution < 1.29 is 4.79 Å². The second-order valence-corrected chi connectivity index (χ2v) is 4.78. The van der Waals surface area contributed by atoms with Gasteiger partial charge in [-0.25, -0.2) is 0 Å². The molecule has 0 aliphatic carbocycles. The number of likely N-dealkylation sites (tertiary alicyclic amines) is 1. The molecule has 2 atom stereocenters. The highest BCUT2D eigenvalue weighted by atomic mass is 16.2. The van der Waals surface area contributed by atoms with Crippen LogP contribution in [0.15, 0.2) is 0 Å². The Bertz CT molecular complexity index is 236. The number of carbonyl (C=O) groups excluding carboxylic acids is 1. The van der Waals surface area contributed by atoms with Crippen LogP contribution in [0.2, 0.25) is 0 Å². The van der Waals surface area contributed by atoms with Crippen LogP contribution < -0.4 is 5.32 Å². The topological polar surface area (TPSA) is 35.6 Å². The van der Waals surface area contributed by atoms with E-state index < -0.39 is 0 Å². The minimum atomic E-state index is 0.143. The van der Waals surface area contributed by atoms with Gasteiger partial charge in [0.05, 0.1) is 6.04 Å². The maximum absolute atomic E-state index is 12.0. The average molecular weight is 211 g/mol. The van der Waals surface area contributed by atoms with E-state index in [9.17, 15) is 4.79 Å². The summed E-state index contributed by atoms with van der Waals surface area (Å²) in [7, 11) is 3.71. The number of carbonyl (C=O) groups is 1. The zero-order valence-electron chi connectivity index (χ0n) is 9.70. The predicted octanol–water partition coefficient (Wildman–Crippen LogP) is -0.0991. The van der Waals surface area contributed by atoms with Gasteiger partial charge in [-0.3, -0.25) is 9.69 Å². The number of amides is 1. The molecular formula is C11H21N3O. The molecule has 2 saturated heterocycles. The lowest BCUT2D eigenvalue weighted by molar-refractivity contribution is -0.134. The molecule has 4 nitrogen and oxygen atoms in total. The Morgan fingerprint density at radius 1 is 1.40 bits per heavy atom. The normalized spacial score (nSPS) is 32.1. The Balaban J connectivity index is 2.01. The molecule has 4 heteroatoms. The Morgan fingerprint density at radius 3 is 2.80 bits per heavy atom. The number of rotatable bonds is 2. The zero-order chi connectivity index (χ0) is 10.8. The second kappa shape index (κ2) is 4.49. The smallest absolute Gasteiger partial charge is 0.239 e. The molecule has 0 radical (unpaired) electrons. The molecule has 0 spiro atoms. The molecule has 1 amide bonds. The van der Waals surface area contributed by atoms with Gasteiger partial charge in [0, 0.05) is 26.7 Å². The predicted molar refractivity (Wildman–Crippen MR) is 59.7 cm³/mol. The lowest BCUT2D eigenvalue weighted by atomic mass is 10.1. The lowest BCUT2D eigenvalue weighted by Gasteiger charge is -2.30. The molecular weight excluding hydrogens is 190 g/mol. The van der Waals surface area contributed by atoms with Crippen LogP contribution in [-0.2, 0) is 4.79 Å². The van der Waals surface area contributed by atoms with Crippen molar-refractivity contribution in [3.8, 4) is 0 Å². The van der Waals surface area contributed by atoms with E-state index in [1.807, 2.05) is 14.1 Å². The van der Waals surface area contributed by atoms with E-state index in [1.165, 1.54) is 12.8 Å². The van der Waals surface area contributed by atoms with Gasteiger partial charge in [0.25, 0.3) is 0 Å². The highest BCUT2D eigenvalue weighted by molar-refractivity contribution is 5.81. The summed E-state index contributed by atoms with van der Waals surface area (Å²) in [5.41, 5.74) is 0. The first kappa shape index (κ1) is 10.9. The summed E-state index contributed by atoms with van der Waals surface area (Å²) < 4.78 is 0. The van der Waals surface area contributed by atoms with Gasteiger partial charge in [0.15, 0.2) is 0 Å². The van der Waals surface area contributed by atoms with Gasteiger partial charge in [-0.15, -0.1) is 0 Å². The summed E-state index contributed by atoms with van der Waals surface area (Å²) in [5, 5.41) is 3.37. The van der Waals surface area contributed by atoms with E-state index in [1.54, 1.807) is 4.90 Å². The van der Waals surface area contributed by atoms with E-state index in [0.717, 1.165) is 26.1 Å². The summed E-state index contributed by atoms with van der Waals surface area (Å²) in [6.45, 7) is 3.25. The third-order valence-corrected chi connectivity index (χ3v) is 3.52. The minimum absolute atomic E-state index is 0.143. The van der Waals surface area contributed by atoms with E-state index in [2.05, 4.69) is 10.2 Å². The van der Waals surface area contributed by atoms with Crippen LogP contribution in [0.1, 0.15) is 19.3 Å². The molecule has 2 aliphatic heterocycles. The minimum Gasteiger partial charge on any atom is -0.347 e. The van der Waals surface area contributed by atoms with Gasteiger partial charge < -0.3 is 10.2 Å². The van der Waals surface area contributed by atoms with Gasteiger partial charge in [-0.1, -0.05) is 0 Å². The highest BCUT2D eigenvalue weighted by Gasteiger charge is 2.36. The van der Waals surface area contributed by atoms with Crippen molar-refractivity contribution in [2.75, 3.05) is 33.7 Å². The number of nitrogens with zero attached hydrogens (tertiary/aromatic N) is 2. The van der Waals surface area contributed by atoms with Crippen molar-refractivity contribution in [3.63, 3.8) is 0 Å². The first-order chi connectivity index (χ1) is 7.20. The third kappa shape index (κ3) is 2.16. The van der Waals surface area contributed by atoms with Crippen LogP contribution in [0.5, 0.6) is 0 Å². The van der Waals surface area contributed by atoms with E-state index in [0.29, 0.717) is 6.04 Å². The fourth-order valence-corrected chi connectivity index (χ4v) is 2.71. The monoisotopic (exact) mass is 211 g/mol. The average Bonchev–Trinajstić information content (AvgIpc) is 2.86. The van der Waals surface area contributed by atoms with Crippen LogP contribution >= 0.6 is 0 Å². The standard InChI is InChI=1S/C11H21N3O/c1-13(2)11(15)10-4-3-7-14(10)9-5-6-12-8-9/h9-10,12H,3-8H2,1-2H3. The number of likely N-dealkylation sites (N-methyl/N-ethyl adjacent to an activating group) is 1. The quantitative estimate of drug-likeness (QED) is 0.693. The van der Waals surface area contributed by atoms with Gasteiger partial charge >= 0.3 is 0 Å². The van der Waals surface area contributed by atoms with Crippen molar-refractivity contribution in [1.82, 2.24) is 15.1 Å². The van der Waals surface area contributed by atoms with Gasteiger partial charge in [0.1, 0.15) is 0 Å². The summed E-state index contributed by atoms with van der Waals surface area (Å²) in [6.07, 6.45) is 3.39. The number of nitrogens with one attached hydrogen (secondary N) is 1. The molecule has 0 saturated carbocycles. The molecule has 2 aliphatic rings. The molecule has 1 N–H and O–H groups in total. The molecule has 0 aromatic carbocycles. The molecule has 0 aromatic heterocycles. The first-order valence-electron chi connectivity index (χ1n) is 5.88. The Hall–Kier alpha value is -0.610. The molecule has 2 fully saturated rings. The number of hydrogen-bond donors (Lipinski definition) is 1. The molecule has 2 unspecified atom stereocenters. The SMILES string of the molecule is CN(C)C(=O)C1CCCN1C1CCNC1. The molecule has 15 heavy (non-hydrogen) atoms. The summed E-state index contributed by atoms with van der Waals surface area (Å²) in [5.74, 6) is 0.277. The fraction of sp³-hybridized carbons (Fsp3) is 0.909. The molecule has 86 valence electrons. The fourth-order valence-electron chi connectivity index (χ4n) is 2.71. The highest BCUT2D eigenvalue weighted by Crippen LogP contribution is 2.23. The van der Waals surface area contributed by atoms with E-state index in [-0.39, 0.29) is 11.9 Å².